The van der Waals surface area contributed by atoms with Crippen LogP contribution >= 0.6 is 11.8 Å². The molecule has 0 saturated carbocycles. The maximum Gasteiger partial charge on any atom is 0.317 e. The Labute approximate surface area is 129 Å². The van der Waals surface area contributed by atoms with Crippen molar-refractivity contribution < 1.29 is 19.4 Å². The topological polar surface area (TPSA) is 78.9 Å². The molecule has 2 fully saturated rings. The molecular formula is C14H24N2O4S. The summed E-state index contributed by atoms with van der Waals surface area (Å²) in [4.78, 5) is 25.5. The van der Waals surface area contributed by atoms with Gasteiger partial charge in [-0.1, -0.05) is 6.92 Å². The Morgan fingerprint density at radius 1 is 1.33 bits per heavy atom. The van der Waals surface area contributed by atoms with Gasteiger partial charge >= 0.3 is 12.0 Å². The lowest BCUT2D eigenvalue weighted by Crippen LogP contribution is -2.53. The minimum absolute atomic E-state index is 0.143. The second kappa shape index (κ2) is 7.89. The summed E-state index contributed by atoms with van der Waals surface area (Å²) in [7, 11) is 0. The van der Waals surface area contributed by atoms with Crippen molar-refractivity contribution in [1.82, 2.24) is 10.2 Å². The van der Waals surface area contributed by atoms with Gasteiger partial charge in [0.2, 0.25) is 0 Å². The third kappa shape index (κ3) is 4.26. The van der Waals surface area contributed by atoms with Crippen LogP contribution in [0.1, 0.15) is 26.2 Å². The monoisotopic (exact) mass is 316 g/mol. The fourth-order valence-electron chi connectivity index (χ4n) is 2.84. The molecule has 2 unspecified atom stereocenters. The first kappa shape index (κ1) is 16.4. The molecule has 0 radical (unpaired) electrons. The van der Waals surface area contributed by atoms with Crippen LogP contribution in [0, 0.1) is 5.92 Å². The van der Waals surface area contributed by atoms with Gasteiger partial charge in [-0.2, -0.15) is 11.8 Å². The highest BCUT2D eigenvalue weighted by atomic mass is 32.2. The molecule has 2 heterocycles. The minimum Gasteiger partial charge on any atom is -0.481 e. The first-order chi connectivity index (χ1) is 10.1. The largest absolute Gasteiger partial charge is 0.481 e. The van der Waals surface area contributed by atoms with Crippen molar-refractivity contribution in [2.45, 2.75) is 38.3 Å². The molecule has 0 aromatic heterocycles. The average Bonchev–Trinajstić information content (AvgIpc) is 2.95. The Morgan fingerprint density at radius 2 is 2.05 bits per heavy atom. The van der Waals surface area contributed by atoms with Crippen LogP contribution in [0.25, 0.3) is 0 Å². The highest BCUT2D eigenvalue weighted by Crippen LogP contribution is 2.22. The molecule has 120 valence electrons. The fraction of sp³-hybridized carbons (Fsp3) is 0.857. The number of hydrogen-bond donors (Lipinski definition) is 2. The molecule has 0 spiro atoms. The van der Waals surface area contributed by atoms with Crippen molar-refractivity contribution >= 4 is 23.8 Å². The summed E-state index contributed by atoms with van der Waals surface area (Å²) in [5.74, 6) is 0.635. The van der Waals surface area contributed by atoms with Gasteiger partial charge in [0.15, 0.2) is 0 Å². The molecular weight excluding hydrogens is 292 g/mol. The van der Waals surface area contributed by atoms with E-state index >= 15 is 0 Å². The van der Waals surface area contributed by atoms with Crippen molar-refractivity contribution in [3.63, 3.8) is 0 Å². The Bertz CT molecular complexity index is 374. The quantitative estimate of drug-likeness (QED) is 0.801. The summed E-state index contributed by atoms with van der Waals surface area (Å²) in [6, 6.07) is -0.292. The number of carboxylic acid groups (broad SMARTS) is 1. The molecule has 0 aliphatic carbocycles. The summed E-state index contributed by atoms with van der Waals surface area (Å²) in [5.41, 5.74) is 0. The van der Waals surface area contributed by atoms with Gasteiger partial charge in [-0.15, -0.1) is 0 Å². The molecule has 2 aliphatic heterocycles. The number of thioether (sulfide) groups is 1. The summed E-state index contributed by atoms with van der Waals surface area (Å²) in [5, 5.41) is 12.3. The molecule has 0 aromatic rings. The number of carboxylic acids is 1. The average molecular weight is 316 g/mol. The predicted octanol–water partition coefficient (Wildman–Crippen LogP) is 1.40. The summed E-state index contributed by atoms with van der Waals surface area (Å²) in [6.07, 6.45) is 2.77. The van der Waals surface area contributed by atoms with Crippen LogP contribution in [0.15, 0.2) is 0 Å². The maximum absolute atomic E-state index is 12.5. The van der Waals surface area contributed by atoms with E-state index in [1.165, 1.54) is 0 Å². The lowest BCUT2D eigenvalue weighted by Gasteiger charge is -2.33. The van der Waals surface area contributed by atoms with Crippen molar-refractivity contribution in [2.75, 3.05) is 31.3 Å². The number of urea groups is 1. The third-order valence-corrected chi connectivity index (χ3v) is 5.09. The van der Waals surface area contributed by atoms with Gasteiger partial charge in [0, 0.05) is 12.6 Å². The molecule has 2 aliphatic rings. The lowest BCUT2D eigenvalue weighted by molar-refractivity contribution is -0.142. The van der Waals surface area contributed by atoms with Crippen molar-refractivity contribution in [3.8, 4) is 0 Å². The highest BCUT2D eigenvalue weighted by molar-refractivity contribution is 7.99. The van der Waals surface area contributed by atoms with Crippen LogP contribution in [0.2, 0.25) is 0 Å². The summed E-state index contributed by atoms with van der Waals surface area (Å²) in [6.45, 7) is 3.05. The Morgan fingerprint density at radius 3 is 2.67 bits per heavy atom. The van der Waals surface area contributed by atoms with Gasteiger partial charge in [-0.05, 0) is 30.8 Å². The number of aliphatic carboxylic acids is 1. The van der Waals surface area contributed by atoms with E-state index in [0.29, 0.717) is 13.2 Å². The van der Waals surface area contributed by atoms with E-state index in [9.17, 15) is 14.7 Å². The van der Waals surface area contributed by atoms with Crippen LogP contribution < -0.4 is 5.32 Å². The number of ether oxygens (including phenoxy) is 1. The number of nitrogens with one attached hydrogen (secondary N) is 1. The SMILES string of the molecule is CCCN(C(=O)NC1CCSCC1)C1COCC1C(=O)O. The van der Waals surface area contributed by atoms with Crippen LogP contribution in [-0.4, -0.2) is 65.4 Å². The molecule has 0 aromatic carbocycles. The predicted molar refractivity (Wildman–Crippen MR) is 81.6 cm³/mol. The van der Waals surface area contributed by atoms with Crippen molar-refractivity contribution in [3.05, 3.63) is 0 Å². The summed E-state index contributed by atoms with van der Waals surface area (Å²) < 4.78 is 5.29. The number of amides is 2. The number of rotatable bonds is 5. The van der Waals surface area contributed by atoms with Gasteiger partial charge in [-0.25, -0.2) is 4.79 Å². The second-order valence-electron chi connectivity index (χ2n) is 5.58. The zero-order valence-electron chi connectivity index (χ0n) is 12.4. The zero-order valence-corrected chi connectivity index (χ0v) is 13.2. The van der Waals surface area contributed by atoms with Crippen molar-refractivity contribution in [1.29, 1.82) is 0 Å². The van der Waals surface area contributed by atoms with Gasteiger partial charge in [0.1, 0.15) is 5.92 Å². The maximum atomic E-state index is 12.5. The van der Waals surface area contributed by atoms with Crippen LogP contribution in [-0.2, 0) is 9.53 Å². The van der Waals surface area contributed by atoms with Crippen molar-refractivity contribution in [2.24, 2.45) is 5.92 Å². The first-order valence-corrected chi connectivity index (χ1v) is 8.74. The molecule has 2 saturated heterocycles. The second-order valence-corrected chi connectivity index (χ2v) is 6.80. The number of hydrogen-bond acceptors (Lipinski definition) is 4. The van der Waals surface area contributed by atoms with E-state index < -0.39 is 11.9 Å². The van der Waals surface area contributed by atoms with E-state index in [0.717, 1.165) is 30.8 Å². The highest BCUT2D eigenvalue weighted by Gasteiger charge is 2.40. The lowest BCUT2D eigenvalue weighted by atomic mass is 10.0. The molecule has 2 atom stereocenters. The normalized spacial score (nSPS) is 26.5. The zero-order chi connectivity index (χ0) is 15.2. The van der Waals surface area contributed by atoms with Crippen LogP contribution in [0.4, 0.5) is 4.79 Å². The van der Waals surface area contributed by atoms with E-state index in [1.807, 2.05) is 18.7 Å². The minimum atomic E-state index is -0.888. The van der Waals surface area contributed by atoms with Gasteiger partial charge in [0.05, 0.1) is 19.3 Å². The Kier molecular flexibility index (Phi) is 6.17. The molecule has 7 heteroatoms. The van der Waals surface area contributed by atoms with E-state index in [4.69, 9.17) is 4.74 Å². The fourth-order valence-corrected chi connectivity index (χ4v) is 3.95. The van der Waals surface area contributed by atoms with E-state index in [-0.39, 0.29) is 24.7 Å². The van der Waals surface area contributed by atoms with E-state index in [1.54, 1.807) is 4.90 Å². The summed E-state index contributed by atoms with van der Waals surface area (Å²) >= 11 is 1.91. The number of carbonyl (C=O) groups excluding carboxylic acids is 1. The number of carbonyl (C=O) groups is 2. The smallest absolute Gasteiger partial charge is 0.317 e. The number of nitrogens with zero attached hydrogens (tertiary/aromatic N) is 1. The molecule has 2 amide bonds. The third-order valence-electron chi connectivity index (χ3n) is 4.04. The van der Waals surface area contributed by atoms with Crippen LogP contribution in [0.5, 0.6) is 0 Å². The molecule has 2 N–H and O–H groups in total. The van der Waals surface area contributed by atoms with E-state index in [2.05, 4.69) is 5.32 Å². The van der Waals surface area contributed by atoms with Gasteiger partial charge in [-0.3, -0.25) is 4.79 Å². The first-order valence-electron chi connectivity index (χ1n) is 7.59. The Balaban J connectivity index is 1.99. The molecule has 0 bridgehead atoms. The standard InChI is InChI=1S/C14H24N2O4S/c1-2-5-16(12-9-20-8-11(12)13(17)18)14(19)15-10-3-6-21-7-4-10/h10-12H,2-9H2,1H3,(H,15,19)(H,17,18). The van der Waals surface area contributed by atoms with Crippen LogP contribution in [0.3, 0.4) is 0 Å². The molecule has 21 heavy (non-hydrogen) atoms. The van der Waals surface area contributed by atoms with Gasteiger partial charge < -0.3 is 20.1 Å². The Hall–Kier alpha value is -0.950. The molecule has 6 nitrogen and oxygen atoms in total. The van der Waals surface area contributed by atoms with Gasteiger partial charge in [0.25, 0.3) is 0 Å². The molecule has 2 rings (SSSR count).